The number of amides is 3. The van der Waals surface area contributed by atoms with E-state index in [2.05, 4.69) is 10.6 Å². The Morgan fingerprint density at radius 2 is 1.59 bits per heavy atom. The highest BCUT2D eigenvalue weighted by atomic mass is 16.5. The molecule has 0 saturated heterocycles. The average molecular weight is 309 g/mol. The first kappa shape index (κ1) is 17.9. The molecule has 0 radical (unpaired) electrons. The van der Waals surface area contributed by atoms with E-state index in [0.29, 0.717) is 37.7 Å². The molecule has 22 heavy (non-hydrogen) atoms. The average Bonchev–Trinajstić information content (AvgIpc) is 2.47. The van der Waals surface area contributed by atoms with Crippen LogP contribution < -0.4 is 10.6 Å². The number of carbonyl (C=O) groups is 2. The highest BCUT2D eigenvalue weighted by molar-refractivity contribution is 5.92. The van der Waals surface area contributed by atoms with Gasteiger partial charge in [-0.3, -0.25) is 4.79 Å². The van der Waals surface area contributed by atoms with Gasteiger partial charge in [-0.15, -0.1) is 0 Å². The Kier molecular flexibility index (Phi) is 7.95. The lowest BCUT2D eigenvalue weighted by atomic mass is 10.2. The van der Waals surface area contributed by atoms with Crippen LogP contribution >= 0.6 is 0 Å². The first-order valence-electron chi connectivity index (χ1n) is 6.98. The van der Waals surface area contributed by atoms with Crippen LogP contribution in [0.5, 0.6) is 0 Å². The van der Waals surface area contributed by atoms with Gasteiger partial charge in [0.1, 0.15) is 0 Å². The predicted octanol–water partition coefficient (Wildman–Crippen LogP) is 1.77. The van der Waals surface area contributed by atoms with Crippen LogP contribution in [0, 0.1) is 0 Å². The minimum atomic E-state index is -0.242. The van der Waals surface area contributed by atoms with Crippen LogP contribution in [0.2, 0.25) is 0 Å². The molecule has 0 aliphatic carbocycles. The van der Waals surface area contributed by atoms with Gasteiger partial charge in [-0.25, -0.2) is 4.79 Å². The van der Waals surface area contributed by atoms with E-state index in [-0.39, 0.29) is 11.9 Å². The zero-order chi connectivity index (χ0) is 16.4. The van der Waals surface area contributed by atoms with Gasteiger partial charge in [-0.05, 0) is 18.2 Å². The number of methoxy groups -OCH3 is 2. The van der Waals surface area contributed by atoms with Gasteiger partial charge in [0.05, 0.1) is 13.2 Å². The Morgan fingerprint density at radius 3 is 2.09 bits per heavy atom. The lowest BCUT2D eigenvalue weighted by Gasteiger charge is -2.22. The predicted molar refractivity (Wildman–Crippen MR) is 85.1 cm³/mol. The fourth-order valence-corrected chi connectivity index (χ4v) is 1.80. The smallest absolute Gasteiger partial charge is 0.322 e. The Balaban J connectivity index is 2.68. The van der Waals surface area contributed by atoms with Crippen molar-refractivity contribution in [3.05, 3.63) is 24.3 Å². The summed E-state index contributed by atoms with van der Waals surface area (Å²) in [6, 6.07) is 6.73. The Hall–Kier alpha value is -2.12. The lowest BCUT2D eigenvalue weighted by molar-refractivity contribution is -0.114. The molecule has 1 rings (SSSR count). The fourth-order valence-electron chi connectivity index (χ4n) is 1.80. The quantitative estimate of drug-likeness (QED) is 0.767. The first-order chi connectivity index (χ1) is 10.6. The minimum Gasteiger partial charge on any atom is -0.383 e. The molecule has 122 valence electrons. The van der Waals surface area contributed by atoms with Crippen LogP contribution in [0.25, 0.3) is 0 Å². The molecule has 0 aliphatic heterocycles. The van der Waals surface area contributed by atoms with Crippen molar-refractivity contribution in [1.82, 2.24) is 4.90 Å². The molecular formula is C15H23N3O4. The van der Waals surface area contributed by atoms with Crippen LogP contribution in [-0.4, -0.2) is 57.4 Å². The number of ether oxygens (including phenoxy) is 2. The van der Waals surface area contributed by atoms with E-state index in [1.54, 1.807) is 43.4 Å². The van der Waals surface area contributed by atoms with Crippen molar-refractivity contribution in [1.29, 1.82) is 0 Å². The summed E-state index contributed by atoms with van der Waals surface area (Å²) in [6.45, 7) is 3.27. The van der Waals surface area contributed by atoms with Crippen molar-refractivity contribution in [2.24, 2.45) is 0 Å². The number of urea groups is 1. The number of carbonyl (C=O) groups excluding carboxylic acids is 2. The van der Waals surface area contributed by atoms with Crippen LogP contribution in [0.4, 0.5) is 16.2 Å². The van der Waals surface area contributed by atoms with E-state index >= 15 is 0 Å². The highest BCUT2D eigenvalue weighted by Crippen LogP contribution is 2.15. The fraction of sp³-hybridized carbons (Fsp3) is 0.467. The maximum Gasteiger partial charge on any atom is 0.322 e. The third-order valence-electron chi connectivity index (χ3n) is 2.85. The topological polar surface area (TPSA) is 79.9 Å². The number of benzene rings is 1. The zero-order valence-corrected chi connectivity index (χ0v) is 13.2. The number of hydrogen-bond donors (Lipinski definition) is 2. The number of hydrogen-bond acceptors (Lipinski definition) is 4. The summed E-state index contributed by atoms with van der Waals surface area (Å²) in [5.74, 6) is -0.162. The molecule has 0 spiro atoms. The molecule has 0 saturated carbocycles. The monoisotopic (exact) mass is 309 g/mol. The van der Waals surface area contributed by atoms with Crippen molar-refractivity contribution in [3.8, 4) is 0 Å². The molecular weight excluding hydrogens is 286 g/mol. The van der Waals surface area contributed by atoms with Crippen LogP contribution in [0.3, 0.4) is 0 Å². The van der Waals surface area contributed by atoms with E-state index in [9.17, 15) is 9.59 Å². The standard InChI is InChI=1S/C15H23N3O4/c1-12(19)16-13-5-4-6-14(11-13)17-15(20)18(7-9-21-2)8-10-22-3/h4-6,11H,7-10H2,1-3H3,(H,16,19)(H,17,20). The summed E-state index contributed by atoms with van der Waals surface area (Å²) >= 11 is 0. The van der Waals surface area contributed by atoms with Gasteiger partial charge in [0.15, 0.2) is 0 Å². The van der Waals surface area contributed by atoms with Crippen molar-refractivity contribution in [2.75, 3.05) is 51.2 Å². The SMILES string of the molecule is COCCN(CCOC)C(=O)Nc1cccc(NC(C)=O)c1. The molecule has 1 aromatic rings. The van der Waals surface area contributed by atoms with E-state index in [1.165, 1.54) is 6.92 Å². The van der Waals surface area contributed by atoms with E-state index in [0.717, 1.165) is 0 Å². The van der Waals surface area contributed by atoms with E-state index in [4.69, 9.17) is 9.47 Å². The van der Waals surface area contributed by atoms with Crippen molar-refractivity contribution in [3.63, 3.8) is 0 Å². The highest BCUT2D eigenvalue weighted by Gasteiger charge is 2.13. The summed E-state index contributed by atoms with van der Waals surface area (Å²) < 4.78 is 10.0. The van der Waals surface area contributed by atoms with Crippen LogP contribution in [-0.2, 0) is 14.3 Å². The van der Waals surface area contributed by atoms with Gasteiger partial charge >= 0.3 is 6.03 Å². The lowest BCUT2D eigenvalue weighted by Crippen LogP contribution is -2.39. The molecule has 7 nitrogen and oxygen atoms in total. The molecule has 7 heteroatoms. The van der Waals surface area contributed by atoms with Gasteiger partial charge < -0.3 is 25.0 Å². The summed E-state index contributed by atoms with van der Waals surface area (Å²) in [5, 5.41) is 5.47. The van der Waals surface area contributed by atoms with E-state index in [1.807, 2.05) is 0 Å². The summed E-state index contributed by atoms with van der Waals surface area (Å²) in [6.07, 6.45) is 0. The van der Waals surface area contributed by atoms with Crippen LogP contribution in [0.15, 0.2) is 24.3 Å². The van der Waals surface area contributed by atoms with Gasteiger partial charge in [0.2, 0.25) is 5.91 Å². The molecule has 2 N–H and O–H groups in total. The second-order valence-corrected chi connectivity index (χ2v) is 4.66. The van der Waals surface area contributed by atoms with Crippen molar-refractivity contribution >= 4 is 23.3 Å². The second kappa shape index (κ2) is 9.75. The molecule has 1 aromatic carbocycles. The minimum absolute atomic E-state index is 0.162. The first-order valence-corrected chi connectivity index (χ1v) is 6.98. The third kappa shape index (κ3) is 6.55. The summed E-state index contributed by atoms with van der Waals surface area (Å²) in [5.41, 5.74) is 1.24. The maximum atomic E-state index is 12.3. The number of rotatable bonds is 8. The molecule has 0 fully saturated rings. The zero-order valence-electron chi connectivity index (χ0n) is 13.2. The van der Waals surface area contributed by atoms with Gasteiger partial charge in [-0.1, -0.05) is 6.07 Å². The third-order valence-corrected chi connectivity index (χ3v) is 2.85. The summed E-state index contributed by atoms with van der Waals surface area (Å²) in [7, 11) is 3.17. The van der Waals surface area contributed by atoms with E-state index < -0.39 is 0 Å². The van der Waals surface area contributed by atoms with Gasteiger partial charge in [0.25, 0.3) is 0 Å². The van der Waals surface area contributed by atoms with Crippen LogP contribution in [0.1, 0.15) is 6.92 Å². The number of nitrogens with one attached hydrogen (secondary N) is 2. The molecule has 0 aromatic heterocycles. The number of nitrogens with zero attached hydrogens (tertiary/aromatic N) is 1. The van der Waals surface area contributed by atoms with Crippen molar-refractivity contribution < 1.29 is 19.1 Å². The largest absolute Gasteiger partial charge is 0.383 e. The summed E-state index contributed by atoms with van der Waals surface area (Å²) in [4.78, 5) is 24.9. The van der Waals surface area contributed by atoms with Gasteiger partial charge in [0, 0.05) is 45.6 Å². The molecule has 0 heterocycles. The molecule has 0 unspecified atom stereocenters. The molecule has 0 aliphatic rings. The Labute approximate surface area is 130 Å². The van der Waals surface area contributed by atoms with Crippen molar-refractivity contribution in [2.45, 2.75) is 6.92 Å². The normalized spacial score (nSPS) is 10.1. The Morgan fingerprint density at radius 1 is 1.05 bits per heavy atom. The maximum absolute atomic E-state index is 12.3. The second-order valence-electron chi connectivity index (χ2n) is 4.66. The Bertz CT molecular complexity index is 485. The molecule has 3 amide bonds. The molecule has 0 bridgehead atoms. The number of anilines is 2. The molecule has 0 atom stereocenters. The van der Waals surface area contributed by atoms with Gasteiger partial charge in [-0.2, -0.15) is 0 Å².